The van der Waals surface area contributed by atoms with Crippen LogP contribution in [-0.4, -0.2) is 19.9 Å². The summed E-state index contributed by atoms with van der Waals surface area (Å²) in [4.78, 5) is 0. The zero-order valence-corrected chi connectivity index (χ0v) is 10.6. The number of hydrogen-bond acceptors (Lipinski definition) is 5. The van der Waals surface area contributed by atoms with E-state index in [1.165, 1.54) is 13.0 Å². The Kier molecular flexibility index (Phi) is 5.08. The second-order valence-electron chi connectivity index (χ2n) is 3.25. The molecule has 6 heteroatoms. The number of benzene rings is 1. The predicted octanol–water partition coefficient (Wildman–Crippen LogP) is 1.95. The van der Waals surface area contributed by atoms with Gasteiger partial charge in [0, 0.05) is 0 Å². The standard InChI is InChI=1S/C12H12N2O3S/c1-2-18(15,16)17-14-12(10-13)9-8-11-6-4-3-5-7-11/h3-9H,2H2,1H3. The predicted molar refractivity (Wildman–Crippen MR) is 69.1 cm³/mol. The SMILES string of the molecule is CCS(=O)(=O)ON=C(C#N)C=Cc1ccccc1. The zero-order valence-electron chi connectivity index (χ0n) is 9.78. The summed E-state index contributed by atoms with van der Waals surface area (Å²) in [5.41, 5.74) is 0.759. The van der Waals surface area contributed by atoms with Crippen molar-refractivity contribution in [3.05, 3.63) is 42.0 Å². The van der Waals surface area contributed by atoms with Gasteiger partial charge in [0.25, 0.3) is 0 Å². The first-order valence-corrected chi connectivity index (χ1v) is 6.77. The Morgan fingerprint density at radius 3 is 2.67 bits per heavy atom. The molecule has 0 heterocycles. The van der Waals surface area contributed by atoms with Gasteiger partial charge in [-0.05, 0) is 18.6 Å². The highest BCUT2D eigenvalue weighted by atomic mass is 32.2. The minimum Gasteiger partial charge on any atom is -0.267 e. The van der Waals surface area contributed by atoms with Gasteiger partial charge >= 0.3 is 10.1 Å². The minimum atomic E-state index is -3.68. The van der Waals surface area contributed by atoms with Crippen LogP contribution in [0.3, 0.4) is 0 Å². The van der Waals surface area contributed by atoms with Crippen LogP contribution in [0, 0.1) is 11.3 Å². The molecule has 0 saturated heterocycles. The largest absolute Gasteiger partial charge is 0.328 e. The maximum atomic E-state index is 11.0. The molecule has 0 N–H and O–H groups in total. The zero-order chi connectivity index (χ0) is 13.4. The molecule has 0 aliphatic rings. The highest BCUT2D eigenvalue weighted by molar-refractivity contribution is 7.86. The van der Waals surface area contributed by atoms with E-state index in [1.54, 1.807) is 12.1 Å². The van der Waals surface area contributed by atoms with Crippen LogP contribution in [0.2, 0.25) is 0 Å². The summed E-state index contributed by atoms with van der Waals surface area (Å²) < 4.78 is 26.4. The molecule has 0 amide bonds. The number of hydrogen-bond donors (Lipinski definition) is 0. The molecule has 5 nitrogen and oxygen atoms in total. The molecule has 1 aromatic rings. The smallest absolute Gasteiger partial charge is 0.267 e. The lowest BCUT2D eigenvalue weighted by atomic mass is 10.2. The first kappa shape index (κ1) is 13.9. The molecule has 1 rings (SSSR count). The molecule has 0 aliphatic heterocycles. The Morgan fingerprint density at radius 1 is 1.44 bits per heavy atom. The molecular weight excluding hydrogens is 252 g/mol. The summed E-state index contributed by atoms with van der Waals surface area (Å²) >= 11 is 0. The number of nitriles is 1. The van der Waals surface area contributed by atoms with Crippen molar-refractivity contribution in [2.24, 2.45) is 5.16 Å². The topological polar surface area (TPSA) is 79.5 Å². The number of rotatable bonds is 5. The van der Waals surface area contributed by atoms with Gasteiger partial charge < -0.3 is 0 Å². The quantitative estimate of drug-likeness (QED) is 0.601. The van der Waals surface area contributed by atoms with Crippen molar-refractivity contribution in [1.29, 1.82) is 5.26 Å². The lowest BCUT2D eigenvalue weighted by Crippen LogP contribution is -2.05. The Hall–Kier alpha value is -2.13. The summed E-state index contributed by atoms with van der Waals surface area (Å²) in [6.45, 7) is 1.43. The molecular formula is C12H12N2O3S. The van der Waals surface area contributed by atoms with Gasteiger partial charge in [0.15, 0.2) is 5.71 Å². The van der Waals surface area contributed by atoms with Gasteiger partial charge in [0.1, 0.15) is 6.07 Å². The van der Waals surface area contributed by atoms with Crippen LogP contribution in [0.4, 0.5) is 0 Å². The van der Waals surface area contributed by atoms with E-state index in [1.807, 2.05) is 30.3 Å². The molecule has 94 valence electrons. The van der Waals surface area contributed by atoms with Gasteiger partial charge in [-0.2, -0.15) is 13.7 Å². The van der Waals surface area contributed by atoms with Crippen LogP contribution in [0.25, 0.3) is 6.08 Å². The molecule has 0 saturated carbocycles. The van der Waals surface area contributed by atoms with Crippen molar-refractivity contribution in [2.45, 2.75) is 6.92 Å². The Morgan fingerprint density at radius 2 is 2.11 bits per heavy atom. The van der Waals surface area contributed by atoms with Crippen molar-refractivity contribution >= 4 is 21.9 Å². The van der Waals surface area contributed by atoms with Crippen LogP contribution in [0.15, 0.2) is 41.6 Å². The van der Waals surface area contributed by atoms with Crippen molar-refractivity contribution in [3.63, 3.8) is 0 Å². The lowest BCUT2D eigenvalue weighted by Gasteiger charge is -1.96. The monoisotopic (exact) mass is 264 g/mol. The van der Waals surface area contributed by atoms with Crippen LogP contribution >= 0.6 is 0 Å². The second kappa shape index (κ2) is 6.57. The molecule has 0 bridgehead atoms. The molecule has 0 radical (unpaired) electrons. The van der Waals surface area contributed by atoms with Crippen LogP contribution in [-0.2, 0) is 14.4 Å². The molecule has 1 aromatic carbocycles. The first-order valence-electron chi connectivity index (χ1n) is 5.20. The summed E-state index contributed by atoms with van der Waals surface area (Å²) in [6.07, 6.45) is 3.03. The van der Waals surface area contributed by atoms with Crippen LogP contribution < -0.4 is 0 Å². The van der Waals surface area contributed by atoms with Crippen molar-refractivity contribution in [1.82, 2.24) is 0 Å². The second-order valence-corrected chi connectivity index (χ2v) is 5.10. The van der Waals surface area contributed by atoms with Gasteiger partial charge in [0.2, 0.25) is 0 Å². The Labute approximate surface area is 106 Å². The van der Waals surface area contributed by atoms with Gasteiger partial charge in [-0.1, -0.05) is 41.6 Å². The molecule has 0 fully saturated rings. The van der Waals surface area contributed by atoms with Crippen molar-refractivity contribution in [3.8, 4) is 6.07 Å². The van der Waals surface area contributed by atoms with Crippen LogP contribution in [0.1, 0.15) is 12.5 Å². The van der Waals surface area contributed by atoms with Gasteiger partial charge in [-0.3, -0.25) is 4.28 Å². The van der Waals surface area contributed by atoms with E-state index in [4.69, 9.17) is 5.26 Å². The van der Waals surface area contributed by atoms with E-state index in [-0.39, 0.29) is 11.5 Å². The highest BCUT2D eigenvalue weighted by Gasteiger charge is 2.06. The van der Waals surface area contributed by atoms with Crippen molar-refractivity contribution in [2.75, 3.05) is 5.75 Å². The van der Waals surface area contributed by atoms with E-state index >= 15 is 0 Å². The molecule has 0 aliphatic carbocycles. The van der Waals surface area contributed by atoms with E-state index in [0.717, 1.165) is 5.56 Å². The first-order chi connectivity index (χ1) is 8.57. The van der Waals surface area contributed by atoms with Gasteiger partial charge in [-0.15, -0.1) is 0 Å². The maximum absolute atomic E-state index is 11.0. The lowest BCUT2D eigenvalue weighted by molar-refractivity contribution is 0.341. The third kappa shape index (κ3) is 4.80. The summed E-state index contributed by atoms with van der Waals surface area (Å²) in [5, 5.41) is 12.0. The van der Waals surface area contributed by atoms with Gasteiger partial charge in [0.05, 0.1) is 5.75 Å². The van der Waals surface area contributed by atoms with Crippen molar-refractivity contribution < 1.29 is 12.7 Å². The Bertz CT molecular complexity index is 583. The summed E-state index contributed by atoms with van der Waals surface area (Å²) in [6, 6.07) is 11.0. The molecule has 0 spiro atoms. The average Bonchev–Trinajstić information content (AvgIpc) is 2.40. The van der Waals surface area contributed by atoms with E-state index in [9.17, 15) is 8.42 Å². The minimum absolute atomic E-state index is 0.115. The molecule has 18 heavy (non-hydrogen) atoms. The third-order valence-electron chi connectivity index (χ3n) is 1.95. The fraction of sp³-hybridized carbons (Fsp3) is 0.167. The Balaban J connectivity index is 2.78. The third-order valence-corrected chi connectivity index (χ3v) is 2.96. The van der Waals surface area contributed by atoms with E-state index in [2.05, 4.69) is 9.44 Å². The number of allylic oxidation sites excluding steroid dienone is 1. The fourth-order valence-electron chi connectivity index (χ4n) is 0.977. The molecule has 0 unspecified atom stereocenters. The maximum Gasteiger partial charge on any atom is 0.328 e. The van der Waals surface area contributed by atoms with Crippen LogP contribution in [0.5, 0.6) is 0 Å². The summed E-state index contributed by atoms with van der Waals surface area (Å²) in [5.74, 6) is -0.197. The summed E-state index contributed by atoms with van der Waals surface area (Å²) in [7, 11) is -3.68. The van der Waals surface area contributed by atoms with E-state index < -0.39 is 10.1 Å². The number of nitrogens with zero attached hydrogens (tertiary/aromatic N) is 2. The normalized spacial score (nSPS) is 12.3. The van der Waals surface area contributed by atoms with Gasteiger partial charge in [-0.25, -0.2) is 0 Å². The molecule has 0 aromatic heterocycles. The average molecular weight is 264 g/mol. The highest BCUT2D eigenvalue weighted by Crippen LogP contribution is 2.02. The van der Waals surface area contributed by atoms with E-state index in [0.29, 0.717) is 0 Å². The molecule has 0 atom stereocenters. The number of oxime groups is 1. The fourth-order valence-corrected chi connectivity index (χ4v) is 1.28.